The standard InChI is InChI=1S/C32H35ClN4O4S/c1-19(2)37(15-23(38)18-41-27-7-5-6-26-24(27)12-13-34-26)17-28-20(3)29-31(42-28)30(39)25(16-36(29)4)32(40)35-14-21-8-10-22(33)11-9-21/h5-13,16,19,23,34,38H,14-15,17-18H2,1-4H3,(H,35,40). The summed E-state index contributed by atoms with van der Waals surface area (Å²) in [6.07, 6.45) is 2.77. The predicted octanol–water partition coefficient (Wildman–Crippen LogP) is 5.62. The number of aromatic amines is 1. The number of fused-ring (bicyclic) bond motifs is 2. The molecule has 2 aromatic carbocycles. The Hall–Kier alpha value is -3.63. The normalized spacial score (nSPS) is 12.5. The summed E-state index contributed by atoms with van der Waals surface area (Å²) >= 11 is 7.36. The number of aliphatic hydroxyl groups excluding tert-OH is 1. The molecule has 0 saturated heterocycles. The van der Waals surface area contributed by atoms with Crippen LogP contribution in [0.1, 0.15) is 40.2 Å². The predicted molar refractivity (Wildman–Crippen MR) is 170 cm³/mol. The van der Waals surface area contributed by atoms with Crippen LogP contribution in [0.3, 0.4) is 0 Å². The minimum atomic E-state index is -0.710. The largest absolute Gasteiger partial charge is 0.490 e. The molecule has 3 N–H and O–H groups in total. The van der Waals surface area contributed by atoms with Crippen LogP contribution in [0, 0.1) is 6.92 Å². The molecule has 0 aliphatic rings. The van der Waals surface area contributed by atoms with Crippen molar-refractivity contribution < 1.29 is 14.6 Å². The zero-order chi connectivity index (χ0) is 30.0. The van der Waals surface area contributed by atoms with Crippen LogP contribution in [-0.2, 0) is 20.1 Å². The first-order chi connectivity index (χ1) is 20.1. The number of benzene rings is 2. The van der Waals surface area contributed by atoms with Gasteiger partial charge in [-0.05, 0) is 62.2 Å². The van der Waals surface area contributed by atoms with Crippen LogP contribution in [0.25, 0.3) is 21.1 Å². The van der Waals surface area contributed by atoms with Crippen LogP contribution in [0.4, 0.5) is 0 Å². The van der Waals surface area contributed by atoms with E-state index in [1.54, 1.807) is 18.3 Å². The van der Waals surface area contributed by atoms with Gasteiger partial charge in [0, 0.05) is 65.9 Å². The van der Waals surface area contributed by atoms with E-state index in [1.807, 2.05) is 61.1 Å². The maximum absolute atomic E-state index is 13.5. The molecular formula is C32H35ClN4O4S. The van der Waals surface area contributed by atoms with Crippen molar-refractivity contribution in [2.45, 2.75) is 46.0 Å². The maximum atomic E-state index is 13.5. The number of pyridine rings is 1. The Morgan fingerprint density at radius 3 is 2.69 bits per heavy atom. The highest BCUT2D eigenvalue weighted by Crippen LogP contribution is 2.30. The Labute approximate surface area is 253 Å². The van der Waals surface area contributed by atoms with Crippen LogP contribution in [0.15, 0.2) is 65.7 Å². The van der Waals surface area contributed by atoms with Crippen molar-refractivity contribution in [3.05, 3.63) is 97.7 Å². The lowest BCUT2D eigenvalue weighted by Gasteiger charge is -2.28. The summed E-state index contributed by atoms with van der Waals surface area (Å²) in [7, 11) is 1.85. The minimum absolute atomic E-state index is 0.109. The molecule has 5 rings (SSSR count). The van der Waals surface area contributed by atoms with Gasteiger partial charge in [0.2, 0.25) is 5.43 Å². The van der Waals surface area contributed by atoms with E-state index in [2.05, 4.69) is 29.0 Å². The van der Waals surface area contributed by atoms with E-state index in [9.17, 15) is 14.7 Å². The van der Waals surface area contributed by atoms with Gasteiger partial charge < -0.3 is 24.7 Å². The molecule has 0 aliphatic heterocycles. The van der Waals surface area contributed by atoms with Gasteiger partial charge >= 0.3 is 0 Å². The number of aryl methyl sites for hydroxylation is 2. The van der Waals surface area contributed by atoms with E-state index in [-0.39, 0.29) is 23.6 Å². The van der Waals surface area contributed by atoms with Gasteiger partial charge in [0.05, 0.1) is 10.2 Å². The Bertz CT molecular complexity index is 1770. The number of rotatable bonds is 11. The summed E-state index contributed by atoms with van der Waals surface area (Å²) < 4.78 is 8.39. The van der Waals surface area contributed by atoms with Gasteiger partial charge in [-0.3, -0.25) is 14.5 Å². The number of hydrogen-bond donors (Lipinski definition) is 3. The zero-order valence-electron chi connectivity index (χ0n) is 24.1. The first kappa shape index (κ1) is 29.8. The van der Waals surface area contributed by atoms with Gasteiger partial charge in [0.1, 0.15) is 24.0 Å². The smallest absolute Gasteiger partial charge is 0.257 e. The number of aliphatic hydroxyl groups is 1. The molecule has 0 radical (unpaired) electrons. The SMILES string of the molecule is Cc1c(CN(CC(O)COc2cccc3[nH]ccc23)C(C)C)sc2c(=O)c(C(=O)NCc3ccc(Cl)cc3)cn(C)c12. The molecule has 220 valence electrons. The van der Waals surface area contributed by atoms with E-state index < -0.39 is 12.0 Å². The lowest BCUT2D eigenvalue weighted by molar-refractivity contribution is 0.0551. The highest BCUT2D eigenvalue weighted by atomic mass is 35.5. The van der Waals surface area contributed by atoms with Crippen LogP contribution in [0.2, 0.25) is 5.02 Å². The molecule has 5 aromatic rings. The second-order valence-corrected chi connectivity index (χ2v) is 12.3. The van der Waals surface area contributed by atoms with Gasteiger partial charge in [0.25, 0.3) is 5.91 Å². The molecule has 0 spiro atoms. The Morgan fingerprint density at radius 1 is 1.19 bits per heavy atom. The molecular weight excluding hydrogens is 572 g/mol. The third-order valence-electron chi connectivity index (χ3n) is 7.46. The molecule has 1 atom stereocenters. The number of aromatic nitrogens is 2. The number of hydrogen-bond acceptors (Lipinski definition) is 6. The van der Waals surface area contributed by atoms with Crippen molar-refractivity contribution in [2.24, 2.45) is 7.05 Å². The number of carbonyl (C=O) groups is 1. The molecule has 3 heterocycles. The van der Waals surface area contributed by atoms with Crippen molar-refractivity contribution in [1.29, 1.82) is 0 Å². The molecule has 8 nitrogen and oxygen atoms in total. The molecule has 42 heavy (non-hydrogen) atoms. The highest BCUT2D eigenvalue weighted by molar-refractivity contribution is 7.19. The molecule has 0 fully saturated rings. The fraction of sp³-hybridized carbons (Fsp3) is 0.312. The summed E-state index contributed by atoms with van der Waals surface area (Å²) in [4.78, 5) is 32.9. The number of thiophene rings is 1. The zero-order valence-corrected chi connectivity index (χ0v) is 25.7. The molecule has 3 aromatic heterocycles. The number of H-pyrrole nitrogens is 1. The minimum Gasteiger partial charge on any atom is -0.490 e. The summed E-state index contributed by atoms with van der Waals surface area (Å²) in [6, 6.07) is 15.1. The van der Waals surface area contributed by atoms with E-state index >= 15 is 0 Å². The van der Waals surface area contributed by atoms with Gasteiger partial charge in [-0.15, -0.1) is 11.3 Å². The molecule has 1 amide bonds. The molecule has 0 bridgehead atoms. The topological polar surface area (TPSA) is 99.6 Å². The molecule has 0 aliphatic carbocycles. The monoisotopic (exact) mass is 606 g/mol. The van der Waals surface area contributed by atoms with Crippen molar-refractivity contribution >= 4 is 50.0 Å². The Balaban J connectivity index is 1.30. The van der Waals surface area contributed by atoms with Gasteiger partial charge in [-0.1, -0.05) is 29.8 Å². The number of amides is 1. The number of halogens is 1. The first-order valence-corrected chi connectivity index (χ1v) is 15.1. The Morgan fingerprint density at radius 2 is 1.95 bits per heavy atom. The highest BCUT2D eigenvalue weighted by Gasteiger charge is 2.23. The van der Waals surface area contributed by atoms with E-state index in [4.69, 9.17) is 16.3 Å². The summed E-state index contributed by atoms with van der Waals surface area (Å²) in [5.74, 6) is 0.315. The lowest BCUT2D eigenvalue weighted by atomic mass is 10.1. The average Bonchev–Trinajstić information content (AvgIpc) is 3.58. The number of nitrogens with zero attached hydrogens (tertiary/aromatic N) is 2. The second kappa shape index (κ2) is 12.7. The average molecular weight is 607 g/mol. The lowest BCUT2D eigenvalue weighted by Crippen LogP contribution is -2.39. The third-order valence-corrected chi connectivity index (χ3v) is 8.98. The van der Waals surface area contributed by atoms with Crippen molar-refractivity contribution in [2.75, 3.05) is 13.2 Å². The third kappa shape index (κ3) is 6.39. The summed E-state index contributed by atoms with van der Waals surface area (Å²) in [6.45, 7) is 7.59. The van der Waals surface area contributed by atoms with Gasteiger partial charge in [-0.2, -0.15) is 0 Å². The fourth-order valence-corrected chi connectivity index (χ4v) is 6.54. The van der Waals surface area contributed by atoms with E-state index in [0.29, 0.717) is 29.4 Å². The van der Waals surface area contributed by atoms with Crippen molar-refractivity contribution in [1.82, 2.24) is 19.8 Å². The molecule has 0 saturated carbocycles. The number of nitrogens with one attached hydrogen (secondary N) is 2. The summed E-state index contributed by atoms with van der Waals surface area (Å²) in [5, 5.41) is 15.3. The molecule has 10 heteroatoms. The van der Waals surface area contributed by atoms with Gasteiger partial charge in [0.15, 0.2) is 0 Å². The number of ether oxygens (including phenoxy) is 1. The van der Waals surface area contributed by atoms with Crippen molar-refractivity contribution in [3.8, 4) is 5.75 Å². The van der Waals surface area contributed by atoms with Crippen molar-refractivity contribution in [3.63, 3.8) is 0 Å². The quantitative estimate of drug-likeness (QED) is 0.181. The molecule has 1 unspecified atom stereocenters. The first-order valence-electron chi connectivity index (χ1n) is 13.9. The van der Waals surface area contributed by atoms with Crippen LogP contribution in [0.5, 0.6) is 5.75 Å². The van der Waals surface area contributed by atoms with Crippen LogP contribution in [-0.4, -0.2) is 50.8 Å². The number of carbonyl (C=O) groups excluding carboxylic acids is 1. The fourth-order valence-electron chi connectivity index (χ4n) is 5.09. The Kier molecular flexibility index (Phi) is 9.03. The van der Waals surface area contributed by atoms with Gasteiger partial charge in [-0.25, -0.2) is 0 Å². The second-order valence-electron chi connectivity index (χ2n) is 10.8. The summed E-state index contributed by atoms with van der Waals surface area (Å²) in [5.41, 5.74) is 3.53. The maximum Gasteiger partial charge on any atom is 0.257 e. The van der Waals surface area contributed by atoms with Crippen LogP contribution >= 0.6 is 22.9 Å². The van der Waals surface area contributed by atoms with E-state index in [0.717, 1.165) is 38.2 Å². The van der Waals surface area contributed by atoms with E-state index in [1.165, 1.54) is 11.3 Å². The van der Waals surface area contributed by atoms with Crippen LogP contribution < -0.4 is 15.5 Å².